The van der Waals surface area contributed by atoms with Crippen LogP contribution in [0.4, 0.5) is 9.18 Å². The predicted octanol–water partition coefficient (Wildman–Crippen LogP) is 6.93. The molecule has 2 aromatic carbocycles. The van der Waals surface area contributed by atoms with Gasteiger partial charge in [0, 0.05) is 5.56 Å². The van der Waals surface area contributed by atoms with Crippen molar-refractivity contribution < 1.29 is 18.7 Å². The Kier molecular flexibility index (Phi) is 8.82. The van der Waals surface area contributed by atoms with Crippen LogP contribution < -0.4 is 4.74 Å². The normalized spacial score (nSPS) is 10.6. The molecule has 27 heavy (non-hydrogen) atoms. The first kappa shape index (κ1) is 20.9. The smallest absolute Gasteiger partial charge is 0.434 e. The Morgan fingerprint density at radius 1 is 0.926 bits per heavy atom. The minimum absolute atomic E-state index is 0.233. The van der Waals surface area contributed by atoms with Gasteiger partial charge in [0.15, 0.2) is 0 Å². The van der Waals surface area contributed by atoms with E-state index in [0.29, 0.717) is 17.9 Å². The summed E-state index contributed by atoms with van der Waals surface area (Å²) >= 11 is 0. The van der Waals surface area contributed by atoms with Crippen molar-refractivity contribution in [3.63, 3.8) is 0 Å². The van der Waals surface area contributed by atoms with Crippen LogP contribution in [0.25, 0.3) is 11.1 Å². The van der Waals surface area contributed by atoms with Gasteiger partial charge in [0.05, 0.1) is 6.61 Å². The molecule has 0 spiro atoms. The molecule has 0 aliphatic rings. The van der Waals surface area contributed by atoms with Crippen LogP contribution in [0.5, 0.6) is 5.75 Å². The van der Waals surface area contributed by atoms with Crippen LogP contribution in [-0.2, 0) is 11.2 Å². The number of hydrogen-bond donors (Lipinski definition) is 0. The average Bonchev–Trinajstić information content (AvgIpc) is 2.67. The number of halogens is 1. The molecule has 0 bridgehead atoms. The Balaban J connectivity index is 1.90. The molecule has 0 amide bonds. The molecule has 0 aliphatic heterocycles. The van der Waals surface area contributed by atoms with Crippen LogP contribution >= 0.6 is 0 Å². The van der Waals surface area contributed by atoms with Gasteiger partial charge in [0.1, 0.15) is 11.6 Å². The first-order valence-electron chi connectivity index (χ1n) is 9.87. The molecular formula is C23H29FO3. The summed E-state index contributed by atoms with van der Waals surface area (Å²) in [5.41, 5.74) is 2.30. The molecule has 3 nitrogen and oxygen atoms in total. The van der Waals surface area contributed by atoms with E-state index < -0.39 is 6.16 Å². The summed E-state index contributed by atoms with van der Waals surface area (Å²) in [4.78, 5) is 11.7. The highest BCUT2D eigenvalue weighted by Crippen LogP contribution is 2.26. The molecule has 0 N–H and O–H groups in total. The van der Waals surface area contributed by atoms with Crippen molar-refractivity contribution in [2.75, 3.05) is 6.61 Å². The van der Waals surface area contributed by atoms with Crippen molar-refractivity contribution in [3.05, 3.63) is 53.8 Å². The summed E-state index contributed by atoms with van der Waals surface area (Å²) < 4.78 is 24.6. The average molecular weight is 372 g/mol. The fourth-order valence-corrected chi connectivity index (χ4v) is 2.84. The number of carbonyl (C=O) groups is 1. The van der Waals surface area contributed by atoms with Crippen molar-refractivity contribution in [1.29, 1.82) is 0 Å². The van der Waals surface area contributed by atoms with E-state index in [2.05, 4.69) is 13.8 Å². The van der Waals surface area contributed by atoms with Crippen molar-refractivity contribution in [1.82, 2.24) is 0 Å². The van der Waals surface area contributed by atoms with Crippen LogP contribution in [-0.4, -0.2) is 12.8 Å². The highest BCUT2D eigenvalue weighted by molar-refractivity contribution is 5.67. The van der Waals surface area contributed by atoms with Crippen LogP contribution in [0.3, 0.4) is 0 Å². The van der Waals surface area contributed by atoms with Gasteiger partial charge in [0.2, 0.25) is 0 Å². The first-order chi connectivity index (χ1) is 13.1. The molecule has 0 fully saturated rings. The lowest BCUT2D eigenvalue weighted by molar-refractivity contribution is 0.0973. The minimum atomic E-state index is -0.703. The fraction of sp³-hybridized carbons (Fsp3) is 0.435. The Bertz CT molecular complexity index is 710. The summed E-state index contributed by atoms with van der Waals surface area (Å²) in [5, 5.41) is 0. The number of ether oxygens (including phenoxy) is 2. The third-order valence-corrected chi connectivity index (χ3v) is 4.44. The van der Waals surface area contributed by atoms with E-state index in [4.69, 9.17) is 9.47 Å². The zero-order valence-electron chi connectivity index (χ0n) is 16.3. The highest BCUT2D eigenvalue weighted by Gasteiger charge is 2.09. The van der Waals surface area contributed by atoms with Gasteiger partial charge in [-0.2, -0.15) is 0 Å². The largest absolute Gasteiger partial charge is 0.513 e. The minimum Gasteiger partial charge on any atom is -0.434 e. The zero-order valence-corrected chi connectivity index (χ0v) is 16.3. The highest BCUT2D eigenvalue weighted by atomic mass is 19.1. The molecule has 0 atom stereocenters. The van der Waals surface area contributed by atoms with E-state index in [1.54, 1.807) is 36.4 Å². The lowest BCUT2D eigenvalue weighted by Gasteiger charge is -2.08. The van der Waals surface area contributed by atoms with E-state index in [0.717, 1.165) is 56.1 Å². The van der Waals surface area contributed by atoms with Crippen molar-refractivity contribution in [2.24, 2.45) is 0 Å². The van der Waals surface area contributed by atoms with Gasteiger partial charge in [-0.25, -0.2) is 9.18 Å². The van der Waals surface area contributed by atoms with Gasteiger partial charge in [0.25, 0.3) is 0 Å². The lowest BCUT2D eigenvalue weighted by atomic mass is 10.0. The Morgan fingerprint density at radius 2 is 1.67 bits per heavy atom. The summed E-state index contributed by atoms with van der Waals surface area (Å²) in [7, 11) is 0. The number of carbonyl (C=O) groups excluding carboxylic acids is 1. The molecule has 0 aromatic heterocycles. The van der Waals surface area contributed by atoms with E-state index in [-0.39, 0.29) is 5.82 Å². The van der Waals surface area contributed by atoms with Gasteiger partial charge in [-0.15, -0.1) is 0 Å². The summed E-state index contributed by atoms with van der Waals surface area (Å²) in [6, 6.07) is 12.2. The summed E-state index contributed by atoms with van der Waals surface area (Å²) in [6.45, 7) is 4.62. The number of aryl methyl sites for hydroxylation is 1. The molecule has 0 saturated heterocycles. The van der Waals surface area contributed by atoms with Gasteiger partial charge in [-0.1, -0.05) is 63.8 Å². The Hall–Kier alpha value is -2.36. The van der Waals surface area contributed by atoms with Crippen LogP contribution in [0.15, 0.2) is 42.5 Å². The lowest BCUT2D eigenvalue weighted by Crippen LogP contribution is -2.11. The number of unbranched alkanes of at least 4 members (excludes halogenated alkanes) is 4. The van der Waals surface area contributed by atoms with E-state index in [9.17, 15) is 9.18 Å². The van der Waals surface area contributed by atoms with E-state index in [1.165, 1.54) is 0 Å². The molecule has 0 radical (unpaired) electrons. The van der Waals surface area contributed by atoms with Gasteiger partial charge < -0.3 is 9.47 Å². The zero-order chi connectivity index (χ0) is 19.5. The Labute approximate surface area is 161 Å². The topological polar surface area (TPSA) is 35.5 Å². The summed E-state index contributed by atoms with van der Waals surface area (Å²) in [6.07, 6.45) is 6.49. The molecule has 0 saturated carbocycles. The van der Waals surface area contributed by atoms with Crippen LogP contribution in [0.1, 0.15) is 57.9 Å². The molecule has 4 heteroatoms. The maximum atomic E-state index is 14.4. The molecule has 2 rings (SSSR count). The van der Waals surface area contributed by atoms with Crippen molar-refractivity contribution >= 4 is 6.16 Å². The SMILES string of the molecule is CCCCCCOC(=O)Oc1ccc(-c2ccc(CCCC)cc2F)cc1. The summed E-state index contributed by atoms with van der Waals surface area (Å²) in [5.74, 6) is 0.154. The predicted molar refractivity (Wildman–Crippen MR) is 107 cm³/mol. The van der Waals surface area contributed by atoms with E-state index >= 15 is 0 Å². The molecule has 0 aliphatic carbocycles. The number of rotatable bonds is 10. The van der Waals surface area contributed by atoms with Crippen molar-refractivity contribution in [3.8, 4) is 16.9 Å². The van der Waals surface area contributed by atoms with Gasteiger partial charge in [-0.3, -0.25) is 0 Å². The second-order valence-corrected chi connectivity index (χ2v) is 6.70. The fourth-order valence-electron chi connectivity index (χ4n) is 2.84. The Morgan fingerprint density at radius 3 is 2.33 bits per heavy atom. The standard InChI is InChI=1S/C23H29FO3/c1-3-5-7-8-16-26-23(25)27-20-13-11-19(12-14-20)21-15-10-18(9-6-4-2)17-22(21)24/h10-15,17H,3-9,16H2,1-2H3. The van der Waals surface area contributed by atoms with Gasteiger partial charge in [-0.05, 0) is 48.6 Å². The number of benzene rings is 2. The van der Waals surface area contributed by atoms with Crippen LogP contribution in [0, 0.1) is 5.82 Å². The third-order valence-electron chi connectivity index (χ3n) is 4.44. The molecule has 2 aromatic rings. The quantitative estimate of drug-likeness (QED) is 0.258. The molecule has 0 heterocycles. The second-order valence-electron chi connectivity index (χ2n) is 6.70. The third kappa shape index (κ3) is 7.05. The van der Waals surface area contributed by atoms with E-state index in [1.807, 2.05) is 6.07 Å². The maximum absolute atomic E-state index is 14.4. The molecule has 0 unspecified atom stereocenters. The van der Waals surface area contributed by atoms with Crippen molar-refractivity contribution in [2.45, 2.75) is 58.8 Å². The molecule has 146 valence electrons. The second kappa shape index (κ2) is 11.4. The molecular weight excluding hydrogens is 343 g/mol. The maximum Gasteiger partial charge on any atom is 0.513 e. The monoisotopic (exact) mass is 372 g/mol. The number of hydrogen-bond acceptors (Lipinski definition) is 3. The van der Waals surface area contributed by atoms with Gasteiger partial charge >= 0.3 is 6.16 Å². The van der Waals surface area contributed by atoms with Crippen LogP contribution in [0.2, 0.25) is 0 Å². The first-order valence-corrected chi connectivity index (χ1v) is 9.87.